The Bertz CT molecular complexity index is 230. The lowest BCUT2D eigenvalue weighted by Gasteiger charge is -2.34. The Labute approximate surface area is 133 Å². The van der Waals surface area contributed by atoms with Gasteiger partial charge in [0.2, 0.25) is 0 Å². The quantitative estimate of drug-likeness (QED) is 0.430. The summed E-state index contributed by atoms with van der Waals surface area (Å²) in [6.45, 7) is 8.58. The molecule has 0 aromatic rings. The van der Waals surface area contributed by atoms with Crippen molar-refractivity contribution in [3.63, 3.8) is 0 Å². The van der Waals surface area contributed by atoms with Crippen LogP contribution in [0.1, 0.15) is 97.8 Å². The van der Waals surface area contributed by atoms with E-state index in [1.807, 2.05) is 0 Å². The molecule has 0 aromatic carbocycles. The van der Waals surface area contributed by atoms with E-state index in [1.165, 1.54) is 51.4 Å². The van der Waals surface area contributed by atoms with E-state index in [4.69, 9.17) is 9.47 Å². The zero-order valence-electron chi connectivity index (χ0n) is 14.8. The van der Waals surface area contributed by atoms with E-state index in [2.05, 4.69) is 20.8 Å². The van der Waals surface area contributed by atoms with E-state index in [9.17, 15) is 0 Å². The van der Waals surface area contributed by atoms with Crippen molar-refractivity contribution in [2.24, 2.45) is 5.92 Å². The summed E-state index contributed by atoms with van der Waals surface area (Å²) < 4.78 is 12.3. The van der Waals surface area contributed by atoms with Crippen LogP contribution in [0, 0.1) is 5.92 Å². The van der Waals surface area contributed by atoms with Gasteiger partial charge in [0, 0.05) is 12.8 Å². The molecular formula is C19H38O2. The topological polar surface area (TPSA) is 18.5 Å². The number of unbranched alkanes of at least 4 members (excludes halogenated alkanes) is 7. The first-order valence-electron chi connectivity index (χ1n) is 9.46. The molecule has 1 aliphatic heterocycles. The minimum atomic E-state index is -0.271. The van der Waals surface area contributed by atoms with Crippen molar-refractivity contribution >= 4 is 0 Å². The third-order valence-electron chi connectivity index (χ3n) is 4.40. The van der Waals surface area contributed by atoms with Gasteiger partial charge >= 0.3 is 0 Å². The summed E-state index contributed by atoms with van der Waals surface area (Å²) in [6.07, 6.45) is 15.4. The van der Waals surface area contributed by atoms with Crippen LogP contribution in [0.3, 0.4) is 0 Å². The minimum Gasteiger partial charge on any atom is -0.350 e. The number of hydrogen-bond acceptors (Lipinski definition) is 2. The van der Waals surface area contributed by atoms with Crippen molar-refractivity contribution in [2.75, 3.05) is 13.2 Å². The predicted molar refractivity (Wildman–Crippen MR) is 90.6 cm³/mol. The highest BCUT2D eigenvalue weighted by Crippen LogP contribution is 2.31. The Hall–Kier alpha value is -0.0800. The smallest absolute Gasteiger partial charge is 0.168 e. The summed E-state index contributed by atoms with van der Waals surface area (Å²) in [5.74, 6) is 0.365. The van der Waals surface area contributed by atoms with E-state index in [0.717, 1.165) is 38.9 Å². The van der Waals surface area contributed by atoms with Gasteiger partial charge in [-0.3, -0.25) is 0 Å². The van der Waals surface area contributed by atoms with Crippen molar-refractivity contribution < 1.29 is 9.47 Å². The van der Waals surface area contributed by atoms with Crippen molar-refractivity contribution in [1.29, 1.82) is 0 Å². The molecule has 0 spiro atoms. The van der Waals surface area contributed by atoms with Crippen LogP contribution in [0.4, 0.5) is 0 Å². The summed E-state index contributed by atoms with van der Waals surface area (Å²) in [6, 6.07) is 0. The molecule has 1 heterocycles. The average Bonchev–Trinajstić information content (AvgIpc) is 2.67. The van der Waals surface area contributed by atoms with Crippen LogP contribution in [-0.2, 0) is 9.47 Å². The maximum atomic E-state index is 6.14. The van der Waals surface area contributed by atoms with Crippen molar-refractivity contribution in [3.05, 3.63) is 0 Å². The molecule has 1 fully saturated rings. The first-order chi connectivity index (χ1) is 10.2. The van der Waals surface area contributed by atoms with Gasteiger partial charge in [0.25, 0.3) is 0 Å². The fourth-order valence-corrected chi connectivity index (χ4v) is 3.28. The lowest BCUT2D eigenvalue weighted by atomic mass is 9.96. The van der Waals surface area contributed by atoms with Gasteiger partial charge in [-0.25, -0.2) is 0 Å². The highest BCUT2D eigenvalue weighted by Gasteiger charge is 2.33. The van der Waals surface area contributed by atoms with Crippen LogP contribution in [0.2, 0.25) is 0 Å². The average molecular weight is 299 g/mol. The molecule has 1 aliphatic rings. The van der Waals surface area contributed by atoms with Gasteiger partial charge in [-0.15, -0.1) is 0 Å². The van der Waals surface area contributed by atoms with E-state index in [1.54, 1.807) is 0 Å². The van der Waals surface area contributed by atoms with Gasteiger partial charge in [-0.1, -0.05) is 65.7 Å². The fourth-order valence-electron chi connectivity index (χ4n) is 3.28. The SMILES string of the molecule is CCCCCCCCCCC1(CC(C)C)OCCCCO1. The molecule has 2 nitrogen and oxygen atoms in total. The van der Waals surface area contributed by atoms with Crippen LogP contribution < -0.4 is 0 Å². The monoisotopic (exact) mass is 298 g/mol. The molecule has 0 aliphatic carbocycles. The summed E-state index contributed by atoms with van der Waals surface area (Å²) in [7, 11) is 0. The Morgan fingerprint density at radius 3 is 1.86 bits per heavy atom. The Morgan fingerprint density at radius 1 is 0.810 bits per heavy atom. The summed E-state index contributed by atoms with van der Waals surface area (Å²) in [4.78, 5) is 0. The first-order valence-corrected chi connectivity index (χ1v) is 9.46. The lowest BCUT2D eigenvalue weighted by molar-refractivity contribution is -0.238. The highest BCUT2D eigenvalue weighted by atomic mass is 16.7. The third kappa shape index (κ3) is 8.83. The first kappa shape index (κ1) is 19.0. The Kier molecular flexibility index (Phi) is 10.4. The molecule has 0 bridgehead atoms. The van der Waals surface area contributed by atoms with Gasteiger partial charge in [0.05, 0.1) is 13.2 Å². The standard InChI is InChI=1S/C19H38O2/c1-4-5-6-7-8-9-10-11-14-19(17-18(2)3)20-15-12-13-16-21-19/h18H,4-17H2,1-3H3. The van der Waals surface area contributed by atoms with E-state index >= 15 is 0 Å². The molecule has 1 saturated heterocycles. The zero-order valence-corrected chi connectivity index (χ0v) is 14.8. The van der Waals surface area contributed by atoms with Gasteiger partial charge < -0.3 is 9.47 Å². The normalized spacial score (nSPS) is 18.9. The second kappa shape index (κ2) is 11.5. The maximum absolute atomic E-state index is 6.14. The Balaban J connectivity index is 2.20. The summed E-state index contributed by atoms with van der Waals surface area (Å²) in [5.41, 5.74) is 0. The van der Waals surface area contributed by atoms with Gasteiger partial charge in [-0.05, 0) is 25.2 Å². The fraction of sp³-hybridized carbons (Fsp3) is 1.00. The van der Waals surface area contributed by atoms with E-state index in [-0.39, 0.29) is 5.79 Å². The van der Waals surface area contributed by atoms with E-state index < -0.39 is 0 Å². The predicted octanol–water partition coefficient (Wildman–Crippen LogP) is 6.09. The van der Waals surface area contributed by atoms with Crippen molar-refractivity contribution in [2.45, 2.75) is 104 Å². The number of hydrogen-bond donors (Lipinski definition) is 0. The molecule has 21 heavy (non-hydrogen) atoms. The molecule has 0 saturated carbocycles. The molecule has 0 N–H and O–H groups in total. The van der Waals surface area contributed by atoms with Crippen LogP contribution in [0.15, 0.2) is 0 Å². The summed E-state index contributed by atoms with van der Waals surface area (Å²) >= 11 is 0. The molecule has 1 rings (SSSR count). The molecule has 126 valence electrons. The minimum absolute atomic E-state index is 0.271. The highest BCUT2D eigenvalue weighted by molar-refractivity contribution is 4.74. The van der Waals surface area contributed by atoms with Gasteiger partial charge in [-0.2, -0.15) is 0 Å². The molecule has 0 unspecified atom stereocenters. The second-order valence-corrected chi connectivity index (χ2v) is 7.14. The molecule has 0 atom stereocenters. The maximum Gasteiger partial charge on any atom is 0.168 e. The second-order valence-electron chi connectivity index (χ2n) is 7.14. The summed E-state index contributed by atoms with van der Waals surface area (Å²) in [5, 5.41) is 0. The number of ether oxygens (including phenoxy) is 2. The van der Waals surface area contributed by atoms with Crippen LogP contribution >= 0.6 is 0 Å². The number of rotatable bonds is 11. The molecular weight excluding hydrogens is 260 g/mol. The van der Waals surface area contributed by atoms with E-state index in [0.29, 0.717) is 5.92 Å². The van der Waals surface area contributed by atoms with Gasteiger partial charge in [0.1, 0.15) is 0 Å². The zero-order chi connectivity index (χ0) is 15.4. The molecule has 0 radical (unpaired) electrons. The Morgan fingerprint density at radius 2 is 1.33 bits per heavy atom. The van der Waals surface area contributed by atoms with Crippen LogP contribution in [0.5, 0.6) is 0 Å². The third-order valence-corrected chi connectivity index (χ3v) is 4.40. The van der Waals surface area contributed by atoms with Crippen molar-refractivity contribution in [3.8, 4) is 0 Å². The largest absolute Gasteiger partial charge is 0.350 e. The van der Waals surface area contributed by atoms with Gasteiger partial charge in [0.15, 0.2) is 5.79 Å². The molecule has 0 aromatic heterocycles. The molecule has 0 amide bonds. The van der Waals surface area contributed by atoms with Crippen LogP contribution in [-0.4, -0.2) is 19.0 Å². The van der Waals surface area contributed by atoms with Crippen molar-refractivity contribution in [1.82, 2.24) is 0 Å². The molecule has 2 heteroatoms. The lowest BCUT2D eigenvalue weighted by Crippen LogP contribution is -2.37. The van der Waals surface area contributed by atoms with Crippen LogP contribution in [0.25, 0.3) is 0 Å².